The van der Waals surface area contributed by atoms with Gasteiger partial charge < -0.3 is 4.74 Å². The smallest absolute Gasteiger partial charge is 0.0526 e. The van der Waals surface area contributed by atoms with Crippen LogP contribution >= 0.6 is 15.9 Å². The summed E-state index contributed by atoms with van der Waals surface area (Å²) >= 11 is 3.66. The second-order valence-electron chi connectivity index (χ2n) is 5.15. The van der Waals surface area contributed by atoms with Gasteiger partial charge >= 0.3 is 0 Å². The van der Waals surface area contributed by atoms with Crippen molar-refractivity contribution in [1.29, 1.82) is 0 Å². The van der Waals surface area contributed by atoms with E-state index in [0.29, 0.717) is 5.41 Å². The van der Waals surface area contributed by atoms with Gasteiger partial charge in [-0.1, -0.05) is 42.1 Å². The van der Waals surface area contributed by atoms with E-state index in [1.807, 2.05) is 7.11 Å². The molecule has 0 aromatic rings. The van der Waals surface area contributed by atoms with E-state index in [4.69, 9.17) is 4.74 Å². The number of halogens is 1. The van der Waals surface area contributed by atoms with E-state index in [1.165, 1.54) is 44.9 Å². The van der Waals surface area contributed by atoms with Gasteiger partial charge in [0.25, 0.3) is 0 Å². The summed E-state index contributed by atoms with van der Waals surface area (Å²) in [7, 11) is 1.83. The minimum Gasteiger partial charge on any atom is -0.384 e. The minimum atomic E-state index is 0.442. The predicted molar refractivity (Wildman–Crippen MR) is 69.6 cm³/mol. The van der Waals surface area contributed by atoms with Crippen molar-refractivity contribution < 1.29 is 4.74 Å². The lowest BCUT2D eigenvalue weighted by atomic mass is 9.71. The van der Waals surface area contributed by atoms with Gasteiger partial charge in [0.2, 0.25) is 0 Å². The van der Waals surface area contributed by atoms with E-state index in [0.717, 1.165) is 17.9 Å². The van der Waals surface area contributed by atoms with Crippen LogP contribution in [0.5, 0.6) is 0 Å². The molecule has 1 fully saturated rings. The normalized spacial score (nSPS) is 31.8. The molecular weight excluding hydrogens is 252 g/mol. The summed E-state index contributed by atoms with van der Waals surface area (Å²) in [5, 5.41) is 1.11. The number of unbranched alkanes of at least 4 members (excludes halogenated alkanes) is 1. The summed E-state index contributed by atoms with van der Waals surface area (Å²) in [5.41, 5.74) is 0.442. The fourth-order valence-corrected chi connectivity index (χ4v) is 3.42. The molecule has 0 bridgehead atoms. The SMILES string of the molecule is CCCCC1CCC(CBr)(COC)CC1. The number of hydrogen-bond donors (Lipinski definition) is 0. The molecule has 1 aliphatic rings. The van der Waals surface area contributed by atoms with E-state index in [-0.39, 0.29) is 0 Å². The molecule has 0 amide bonds. The molecule has 1 aliphatic carbocycles. The van der Waals surface area contributed by atoms with Crippen LogP contribution in [0, 0.1) is 11.3 Å². The Balaban J connectivity index is 2.32. The van der Waals surface area contributed by atoms with Crippen LogP contribution in [0.3, 0.4) is 0 Å². The molecule has 0 atom stereocenters. The fourth-order valence-electron chi connectivity index (χ4n) is 2.69. The maximum absolute atomic E-state index is 5.36. The summed E-state index contributed by atoms with van der Waals surface area (Å²) < 4.78 is 5.36. The Hall–Kier alpha value is 0.440. The molecule has 1 saturated carbocycles. The molecule has 0 saturated heterocycles. The van der Waals surface area contributed by atoms with Crippen molar-refractivity contribution >= 4 is 15.9 Å². The van der Waals surface area contributed by atoms with Crippen LogP contribution in [-0.4, -0.2) is 19.0 Å². The van der Waals surface area contributed by atoms with Gasteiger partial charge in [0.05, 0.1) is 6.61 Å². The Labute approximate surface area is 103 Å². The highest BCUT2D eigenvalue weighted by Gasteiger charge is 2.34. The van der Waals surface area contributed by atoms with Gasteiger partial charge in [-0.2, -0.15) is 0 Å². The maximum atomic E-state index is 5.36. The first-order chi connectivity index (χ1) is 7.26. The van der Waals surface area contributed by atoms with Crippen LogP contribution in [0.15, 0.2) is 0 Å². The van der Waals surface area contributed by atoms with E-state index in [2.05, 4.69) is 22.9 Å². The van der Waals surface area contributed by atoms with Crippen LogP contribution < -0.4 is 0 Å². The second-order valence-corrected chi connectivity index (χ2v) is 5.71. The Morgan fingerprint density at radius 1 is 1.33 bits per heavy atom. The van der Waals surface area contributed by atoms with E-state index in [1.54, 1.807) is 0 Å². The molecule has 0 aromatic heterocycles. The van der Waals surface area contributed by atoms with Crippen molar-refractivity contribution in [1.82, 2.24) is 0 Å². The van der Waals surface area contributed by atoms with Gasteiger partial charge in [-0.15, -0.1) is 0 Å². The number of rotatable bonds is 6. The Morgan fingerprint density at radius 3 is 2.47 bits per heavy atom. The average molecular weight is 277 g/mol. The summed E-state index contributed by atoms with van der Waals surface area (Å²) in [5.74, 6) is 0.994. The molecule has 0 heterocycles. The maximum Gasteiger partial charge on any atom is 0.0526 e. The van der Waals surface area contributed by atoms with Gasteiger partial charge in [0.1, 0.15) is 0 Å². The summed E-state index contributed by atoms with van der Waals surface area (Å²) in [6, 6.07) is 0. The third kappa shape index (κ3) is 4.07. The molecule has 15 heavy (non-hydrogen) atoms. The number of ether oxygens (including phenoxy) is 1. The standard InChI is InChI=1S/C13H25BrO/c1-3-4-5-12-6-8-13(10-14,9-7-12)11-15-2/h12H,3-11H2,1-2H3. The van der Waals surface area contributed by atoms with Crippen molar-refractivity contribution in [3.63, 3.8) is 0 Å². The molecule has 90 valence electrons. The Morgan fingerprint density at radius 2 is 2.00 bits per heavy atom. The number of alkyl halides is 1. The zero-order valence-electron chi connectivity index (χ0n) is 10.2. The summed E-state index contributed by atoms with van der Waals surface area (Å²) in [6.45, 7) is 3.22. The quantitative estimate of drug-likeness (QED) is 0.654. The van der Waals surface area contributed by atoms with Crippen LogP contribution in [-0.2, 0) is 4.74 Å². The van der Waals surface area contributed by atoms with E-state index >= 15 is 0 Å². The van der Waals surface area contributed by atoms with Gasteiger partial charge in [0, 0.05) is 17.9 Å². The molecule has 0 aromatic carbocycles. The molecule has 2 heteroatoms. The lowest BCUT2D eigenvalue weighted by Crippen LogP contribution is -2.33. The largest absolute Gasteiger partial charge is 0.384 e. The molecule has 0 N–H and O–H groups in total. The first kappa shape index (κ1) is 13.5. The summed E-state index contributed by atoms with van der Waals surface area (Å²) in [4.78, 5) is 0. The monoisotopic (exact) mass is 276 g/mol. The van der Waals surface area contributed by atoms with Gasteiger partial charge in [0.15, 0.2) is 0 Å². The molecule has 0 radical (unpaired) electrons. The third-order valence-electron chi connectivity index (χ3n) is 3.87. The number of hydrogen-bond acceptors (Lipinski definition) is 1. The average Bonchev–Trinajstić information content (AvgIpc) is 2.29. The Bertz CT molecular complexity index is 162. The van der Waals surface area contributed by atoms with Crippen molar-refractivity contribution in [2.45, 2.75) is 51.9 Å². The van der Waals surface area contributed by atoms with Gasteiger partial charge in [-0.05, 0) is 31.6 Å². The highest BCUT2D eigenvalue weighted by Crippen LogP contribution is 2.41. The van der Waals surface area contributed by atoms with Crippen molar-refractivity contribution in [3.05, 3.63) is 0 Å². The molecule has 0 unspecified atom stereocenters. The first-order valence-electron chi connectivity index (χ1n) is 6.31. The highest BCUT2D eigenvalue weighted by molar-refractivity contribution is 9.09. The molecular formula is C13H25BrO. The predicted octanol–water partition coefficient (Wildman–Crippen LogP) is 4.39. The van der Waals surface area contributed by atoms with E-state index < -0.39 is 0 Å². The summed E-state index contributed by atoms with van der Waals surface area (Å²) in [6.07, 6.45) is 9.72. The molecule has 1 nitrogen and oxygen atoms in total. The third-order valence-corrected chi connectivity index (χ3v) is 5.06. The topological polar surface area (TPSA) is 9.23 Å². The fraction of sp³-hybridized carbons (Fsp3) is 1.00. The molecule has 1 rings (SSSR count). The first-order valence-corrected chi connectivity index (χ1v) is 7.43. The van der Waals surface area contributed by atoms with Crippen molar-refractivity contribution in [2.24, 2.45) is 11.3 Å². The van der Waals surface area contributed by atoms with Crippen LogP contribution in [0.25, 0.3) is 0 Å². The van der Waals surface area contributed by atoms with Crippen molar-refractivity contribution in [2.75, 3.05) is 19.0 Å². The minimum absolute atomic E-state index is 0.442. The van der Waals surface area contributed by atoms with Crippen molar-refractivity contribution in [3.8, 4) is 0 Å². The van der Waals surface area contributed by atoms with Crippen LogP contribution in [0.1, 0.15) is 51.9 Å². The second kappa shape index (κ2) is 6.90. The van der Waals surface area contributed by atoms with Gasteiger partial charge in [-0.3, -0.25) is 0 Å². The number of methoxy groups -OCH3 is 1. The lowest BCUT2D eigenvalue weighted by Gasteiger charge is -2.38. The Kier molecular flexibility index (Phi) is 6.21. The van der Waals surface area contributed by atoms with Crippen LogP contribution in [0.2, 0.25) is 0 Å². The molecule has 0 spiro atoms. The zero-order valence-corrected chi connectivity index (χ0v) is 11.8. The lowest BCUT2D eigenvalue weighted by molar-refractivity contribution is 0.0524. The van der Waals surface area contributed by atoms with E-state index in [9.17, 15) is 0 Å². The zero-order chi connectivity index (χ0) is 11.1. The highest BCUT2D eigenvalue weighted by atomic mass is 79.9. The van der Waals surface area contributed by atoms with Crippen LogP contribution in [0.4, 0.5) is 0 Å². The molecule has 0 aliphatic heterocycles. The van der Waals surface area contributed by atoms with Gasteiger partial charge in [-0.25, -0.2) is 0 Å².